The van der Waals surface area contributed by atoms with Crippen LogP contribution >= 0.6 is 0 Å². The summed E-state index contributed by atoms with van der Waals surface area (Å²) >= 11 is 0. The quantitative estimate of drug-likeness (QED) is 0.581. The molecule has 2 unspecified atom stereocenters. The van der Waals surface area contributed by atoms with Gasteiger partial charge in [0.05, 0.1) is 5.92 Å². The van der Waals surface area contributed by atoms with Crippen LogP contribution < -0.4 is 10.4 Å². The van der Waals surface area contributed by atoms with Gasteiger partial charge in [-0.1, -0.05) is 37.3 Å². The number of carbonyl (C=O) groups is 1. The van der Waals surface area contributed by atoms with Crippen molar-refractivity contribution in [3.63, 3.8) is 0 Å². The Balaban J connectivity index is 1.65. The van der Waals surface area contributed by atoms with Crippen molar-refractivity contribution >= 4 is 17.9 Å². The molecule has 0 heterocycles. The second kappa shape index (κ2) is 6.77. The summed E-state index contributed by atoms with van der Waals surface area (Å²) in [5.74, 6) is -0.614. The highest BCUT2D eigenvalue weighted by Gasteiger charge is 2.31. The van der Waals surface area contributed by atoms with Gasteiger partial charge in [-0.15, -0.1) is 0 Å². The molecular formula is C26H20F2O. The second-order valence-corrected chi connectivity index (χ2v) is 8.01. The van der Waals surface area contributed by atoms with Crippen molar-refractivity contribution in [2.45, 2.75) is 25.7 Å². The van der Waals surface area contributed by atoms with E-state index >= 15 is 0 Å². The van der Waals surface area contributed by atoms with Crippen LogP contribution in [0.2, 0.25) is 0 Å². The zero-order valence-electron chi connectivity index (χ0n) is 16.1. The molecule has 144 valence electrons. The number of benzene rings is 3. The average molecular weight is 386 g/mol. The minimum Gasteiger partial charge on any atom is -0.293 e. The highest BCUT2D eigenvalue weighted by molar-refractivity contribution is 6.01. The Morgan fingerprint density at radius 2 is 1.59 bits per heavy atom. The Kier molecular flexibility index (Phi) is 4.20. The topological polar surface area (TPSA) is 17.1 Å². The maximum absolute atomic E-state index is 13.6. The molecule has 2 aliphatic carbocycles. The second-order valence-electron chi connectivity index (χ2n) is 8.01. The van der Waals surface area contributed by atoms with Crippen molar-refractivity contribution < 1.29 is 13.6 Å². The molecule has 0 spiro atoms. The molecule has 2 atom stereocenters. The fraction of sp³-hybridized carbons (Fsp3) is 0.192. The number of hydrogen-bond acceptors (Lipinski definition) is 1. The van der Waals surface area contributed by atoms with Gasteiger partial charge in [-0.05, 0) is 87.8 Å². The van der Waals surface area contributed by atoms with Crippen LogP contribution in [-0.4, -0.2) is 5.78 Å². The summed E-state index contributed by atoms with van der Waals surface area (Å²) in [7, 11) is 0. The first-order valence-electron chi connectivity index (χ1n) is 9.95. The van der Waals surface area contributed by atoms with E-state index in [0.717, 1.165) is 39.1 Å². The molecule has 0 amide bonds. The Labute approximate surface area is 168 Å². The van der Waals surface area contributed by atoms with Gasteiger partial charge in [0.15, 0.2) is 5.78 Å². The van der Waals surface area contributed by atoms with E-state index in [1.165, 1.54) is 18.2 Å². The molecule has 5 rings (SSSR count). The van der Waals surface area contributed by atoms with E-state index in [9.17, 15) is 13.6 Å². The predicted octanol–water partition coefficient (Wildman–Crippen LogP) is 4.76. The Morgan fingerprint density at radius 1 is 0.862 bits per heavy atom. The molecule has 0 aromatic heterocycles. The van der Waals surface area contributed by atoms with E-state index < -0.39 is 0 Å². The van der Waals surface area contributed by atoms with Gasteiger partial charge in [0, 0.05) is 5.56 Å². The van der Waals surface area contributed by atoms with E-state index in [1.54, 1.807) is 18.2 Å². The molecule has 0 saturated carbocycles. The van der Waals surface area contributed by atoms with Crippen molar-refractivity contribution in [1.82, 2.24) is 0 Å². The maximum atomic E-state index is 13.6. The summed E-state index contributed by atoms with van der Waals surface area (Å²) in [6.45, 7) is 2.09. The minimum absolute atomic E-state index is 0.0325. The van der Waals surface area contributed by atoms with E-state index in [0.29, 0.717) is 12.0 Å². The third kappa shape index (κ3) is 2.93. The number of hydrogen-bond donors (Lipinski definition) is 0. The normalized spacial score (nSPS) is 19.3. The third-order valence-corrected chi connectivity index (χ3v) is 6.21. The lowest BCUT2D eigenvalue weighted by Gasteiger charge is -2.28. The van der Waals surface area contributed by atoms with Crippen LogP contribution in [0.1, 0.15) is 40.7 Å². The van der Waals surface area contributed by atoms with Crippen LogP contribution in [0, 0.1) is 17.6 Å². The standard InChI is InChI=1S/C26H20F2O/c1-15-2-9-23-22-10-5-17-14-19(28)8-11-20(17)21(22)12-13-24(23)25(15)26(29)16-3-6-18(27)7-4-16/h3-4,6-15,25H,2,5H2,1H3. The zero-order valence-corrected chi connectivity index (χ0v) is 16.1. The predicted molar refractivity (Wildman–Crippen MR) is 111 cm³/mol. The van der Waals surface area contributed by atoms with Crippen LogP contribution in [0.3, 0.4) is 0 Å². The summed E-state index contributed by atoms with van der Waals surface area (Å²) in [4.78, 5) is 13.3. The van der Waals surface area contributed by atoms with Gasteiger partial charge in [0.25, 0.3) is 0 Å². The number of fused-ring (bicyclic) bond motifs is 5. The highest BCUT2D eigenvalue weighted by Crippen LogP contribution is 2.33. The van der Waals surface area contributed by atoms with E-state index in [1.807, 2.05) is 12.1 Å². The molecule has 0 fully saturated rings. The van der Waals surface area contributed by atoms with Crippen molar-refractivity contribution in [3.8, 4) is 11.1 Å². The van der Waals surface area contributed by atoms with Gasteiger partial charge >= 0.3 is 0 Å². The van der Waals surface area contributed by atoms with Crippen LogP contribution in [0.4, 0.5) is 8.78 Å². The van der Waals surface area contributed by atoms with Crippen molar-refractivity contribution in [1.29, 1.82) is 0 Å². The summed E-state index contributed by atoms with van der Waals surface area (Å²) in [5.41, 5.74) is 4.70. The number of Topliss-reactive ketones (excluding diaryl/α,β-unsaturated/α-hetero) is 1. The fourth-order valence-corrected chi connectivity index (χ4v) is 4.75. The molecule has 0 bridgehead atoms. The molecule has 2 aliphatic rings. The summed E-state index contributed by atoms with van der Waals surface area (Å²) in [6.07, 6.45) is 5.85. The van der Waals surface area contributed by atoms with Gasteiger partial charge < -0.3 is 0 Å². The largest absolute Gasteiger partial charge is 0.293 e. The summed E-state index contributed by atoms with van der Waals surface area (Å²) in [5, 5.41) is 2.24. The molecule has 29 heavy (non-hydrogen) atoms. The molecule has 3 heteroatoms. The third-order valence-electron chi connectivity index (χ3n) is 6.21. The van der Waals surface area contributed by atoms with Gasteiger partial charge in [-0.3, -0.25) is 4.79 Å². The lowest BCUT2D eigenvalue weighted by molar-refractivity contribution is 0.0932. The first kappa shape index (κ1) is 18.0. The maximum Gasteiger partial charge on any atom is 0.170 e. The molecule has 1 nitrogen and oxygen atoms in total. The summed E-state index contributed by atoms with van der Waals surface area (Å²) < 4.78 is 26.9. The first-order valence-corrected chi connectivity index (χ1v) is 9.95. The van der Waals surface area contributed by atoms with Crippen LogP contribution in [0.15, 0.2) is 54.6 Å². The molecule has 0 saturated heterocycles. The van der Waals surface area contributed by atoms with Gasteiger partial charge in [0.2, 0.25) is 0 Å². The summed E-state index contributed by atoms with van der Waals surface area (Å²) in [6, 6.07) is 14.8. The number of carbonyl (C=O) groups excluding carboxylic acids is 1. The zero-order chi connectivity index (χ0) is 20.1. The lowest BCUT2D eigenvalue weighted by Crippen LogP contribution is -2.39. The molecule has 0 N–H and O–H groups in total. The smallest absolute Gasteiger partial charge is 0.170 e. The average Bonchev–Trinajstić information content (AvgIpc) is 2.72. The molecule has 0 radical (unpaired) electrons. The van der Waals surface area contributed by atoms with Crippen LogP contribution in [-0.2, 0) is 6.42 Å². The Morgan fingerprint density at radius 3 is 2.38 bits per heavy atom. The van der Waals surface area contributed by atoms with Gasteiger partial charge in [-0.25, -0.2) is 8.78 Å². The molecular weight excluding hydrogens is 366 g/mol. The van der Waals surface area contributed by atoms with Gasteiger partial charge in [0.1, 0.15) is 11.6 Å². The van der Waals surface area contributed by atoms with E-state index in [2.05, 4.69) is 25.1 Å². The Bertz CT molecular complexity index is 1260. The number of halogens is 2. The Hall–Kier alpha value is -3.07. The van der Waals surface area contributed by atoms with Crippen LogP contribution in [0.25, 0.3) is 23.3 Å². The monoisotopic (exact) mass is 386 g/mol. The molecule has 3 aromatic carbocycles. The molecule has 3 aromatic rings. The van der Waals surface area contributed by atoms with E-state index in [-0.39, 0.29) is 29.3 Å². The lowest BCUT2D eigenvalue weighted by atomic mass is 9.74. The fourth-order valence-electron chi connectivity index (χ4n) is 4.75. The van der Waals surface area contributed by atoms with Crippen molar-refractivity contribution in [3.05, 3.63) is 93.4 Å². The SMILES string of the molecule is CC1CC=c2c(ccc3c2=CCc2cc(F)ccc2-3)C1C(=O)c1ccc(F)cc1. The molecule has 0 aliphatic heterocycles. The number of ketones is 1. The first-order chi connectivity index (χ1) is 14.0. The van der Waals surface area contributed by atoms with E-state index in [4.69, 9.17) is 0 Å². The number of rotatable bonds is 2. The highest BCUT2D eigenvalue weighted by atomic mass is 19.1. The van der Waals surface area contributed by atoms with Crippen molar-refractivity contribution in [2.75, 3.05) is 0 Å². The minimum atomic E-state index is -0.342. The van der Waals surface area contributed by atoms with Crippen LogP contribution in [0.5, 0.6) is 0 Å². The van der Waals surface area contributed by atoms with Crippen molar-refractivity contribution in [2.24, 2.45) is 5.92 Å². The van der Waals surface area contributed by atoms with Gasteiger partial charge in [-0.2, -0.15) is 0 Å².